The molecule has 0 aromatic rings. The first-order valence-corrected chi connectivity index (χ1v) is 12.5. The van der Waals surface area contributed by atoms with Crippen molar-refractivity contribution in [3.05, 3.63) is 0 Å². The fourth-order valence-corrected chi connectivity index (χ4v) is 4.73. The number of amides is 1. The number of esters is 1. The van der Waals surface area contributed by atoms with Gasteiger partial charge in [-0.05, 0) is 25.4 Å². The van der Waals surface area contributed by atoms with Gasteiger partial charge in [0.1, 0.15) is 14.4 Å². The maximum absolute atomic E-state index is 12.0. The molecule has 0 aliphatic heterocycles. The first-order chi connectivity index (χ1) is 12.8. The van der Waals surface area contributed by atoms with Crippen LogP contribution >= 0.6 is 33.3 Å². The normalized spacial score (nSPS) is 13.9. The molecule has 0 aromatic heterocycles. The quantitative estimate of drug-likeness (QED) is 0.133. The van der Waals surface area contributed by atoms with Crippen LogP contribution in [0.4, 0.5) is 4.79 Å². The van der Waals surface area contributed by atoms with E-state index in [9.17, 15) is 14.4 Å². The average Bonchev–Trinajstić information content (AvgIpc) is 2.61. The molecule has 0 bridgehead atoms. The number of nitrogens with two attached hydrogens (primary N) is 1. The van der Waals surface area contributed by atoms with Gasteiger partial charge in [0.2, 0.25) is 12.2 Å². The highest BCUT2D eigenvalue weighted by Crippen LogP contribution is 2.26. The van der Waals surface area contributed by atoms with E-state index in [0.717, 1.165) is 17.9 Å². The van der Waals surface area contributed by atoms with Crippen LogP contribution in [0.3, 0.4) is 0 Å². The summed E-state index contributed by atoms with van der Waals surface area (Å²) in [4.78, 5) is 34.7. The second-order valence-electron chi connectivity index (χ2n) is 5.59. The van der Waals surface area contributed by atoms with Crippen molar-refractivity contribution in [2.75, 3.05) is 36.7 Å². The zero-order chi connectivity index (χ0) is 20.7. The van der Waals surface area contributed by atoms with Gasteiger partial charge in [0, 0.05) is 30.3 Å². The van der Waals surface area contributed by atoms with E-state index in [1.165, 1.54) is 6.92 Å². The van der Waals surface area contributed by atoms with Crippen LogP contribution in [0.1, 0.15) is 20.3 Å². The Labute approximate surface area is 173 Å². The van der Waals surface area contributed by atoms with Gasteiger partial charge in [-0.25, -0.2) is 4.79 Å². The number of rotatable bonds is 14. The van der Waals surface area contributed by atoms with Crippen LogP contribution < -0.4 is 11.1 Å². The molecule has 0 saturated heterocycles. The lowest BCUT2D eigenvalue weighted by Crippen LogP contribution is -2.35. The Morgan fingerprint density at radius 1 is 1.19 bits per heavy atom. The third kappa shape index (κ3) is 14.9. The third-order valence-electron chi connectivity index (χ3n) is 3.05. The molecule has 8 nitrogen and oxygen atoms in total. The molecule has 156 valence electrons. The molecule has 0 heterocycles. The van der Waals surface area contributed by atoms with Crippen molar-refractivity contribution < 1.29 is 28.6 Å². The number of thioether (sulfide) groups is 1. The Kier molecular flexibility index (Phi) is 15.8. The largest absolute Gasteiger partial charge is 0.511 e. The van der Waals surface area contributed by atoms with Crippen molar-refractivity contribution in [1.82, 2.24) is 5.32 Å². The Hall–Kier alpha value is -0.715. The van der Waals surface area contributed by atoms with Crippen molar-refractivity contribution in [2.45, 2.75) is 38.4 Å². The van der Waals surface area contributed by atoms with E-state index in [1.54, 1.807) is 48.1 Å². The van der Waals surface area contributed by atoms with Crippen LogP contribution in [0.25, 0.3) is 0 Å². The second kappa shape index (κ2) is 16.3. The Morgan fingerprint density at radius 2 is 1.85 bits per heavy atom. The van der Waals surface area contributed by atoms with Crippen molar-refractivity contribution in [3.63, 3.8) is 0 Å². The van der Waals surface area contributed by atoms with E-state index in [4.69, 9.17) is 15.2 Å². The third-order valence-corrected chi connectivity index (χ3v) is 6.38. The first-order valence-electron chi connectivity index (χ1n) is 8.59. The minimum absolute atomic E-state index is 0.160. The van der Waals surface area contributed by atoms with Gasteiger partial charge >= 0.3 is 12.1 Å². The lowest BCUT2D eigenvalue weighted by molar-refractivity contribution is -0.167. The molecule has 12 heteroatoms. The van der Waals surface area contributed by atoms with Crippen LogP contribution in [0, 0.1) is 0 Å². The maximum atomic E-state index is 12.0. The summed E-state index contributed by atoms with van der Waals surface area (Å²) in [5.41, 5.74) is 5.99. The van der Waals surface area contributed by atoms with Crippen molar-refractivity contribution in [3.8, 4) is 0 Å². The summed E-state index contributed by atoms with van der Waals surface area (Å²) in [6, 6.07) is 0.160. The molecule has 3 atom stereocenters. The van der Waals surface area contributed by atoms with Gasteiger partial charge in [0.15, 0.2) is 0 Å². The van der Waals surface area contributed by atoms with E-state index in [2.05, 4.69) is 16.3 Å². The number of nitrogens with one attached hydrogen (secondary N) is 1. The number of carbonyl (C=O) groups is 3. The maximum Gasteiger partial charge on any atom is 0.511 e. The molecule has 0 aliphatic rings. The Bertz CT molecular complexity index is 461. The number of ether oxygens (including phenoxy) is 3. The number of carbonyl (C=O) groups excluding carboxylic acids is 3. The predicted molar refractivity (Wildman–Crippen MR) is 115 cm³/mol. The fraction of sp³-hybridized carbons (Fsp3) is 0.800. The summed E-state index contributed by atoms with van der Waals surface area (Å²) in [5.74, 6) is 1.30. The fourth-order valence-electron chi connectivity index (χ4n) is 1.59. The van der Waals surface area contributed by atoms with Crippen LogP contribution in [0.5, 0.6) is 0 Å². The number of hydrogen-bond donors (Lipinski definition) is 2. The minimum atomic E-state index is -1.09. The SMILES string of the molecule is B[C@H](CSSC[C@@H](N)CCSC)C(=O)NCC(=O)OC(C)OC(=O)OCC. The Morgan fingerprint density at radius 3 is 2.48 bits per heavy atom. The molecule has 0 fully saturated rings. The van der Waals surface area contributed by atoms with Gasteiger partial charge < -0.3 is 25.3 Å². The lowest BCUT2D eigenvalue weighted by atomic mass is 9.89. The molecular weight excluding hydrogens is 411 g/mol. The second-order valence-corrected chi connectivity index (χ2v) is 9.13. The smallest absolute Gasteiger partial charge is 0.435 e. The first kappa shape index (κ1) is 26.3. The van der Waals surface area contributed by atoms with Gasteiger partial charge in [-0.3, -0.25) is 9.59 Å². The van der Waals surface area contributed by atoms with E-state index < -0.39 is 18.4 Å². The summed E-state index contributed by atoms with van der Waals surface area (Å²) in [5, 5.41) is 2.51. The van der Waals surface area contributed by atoms with E-state index in [0.29, 0.717) is 5.75 Å². The van der Waals surface area contributed by atoms with E-state index in [1.807, 2.05) is 0 Å². The van der Waals surface area contributed by atoms with E-state index >= 15 is 0 Å². The highest BCUT2D eigenvalue weighted by Gasteiger charge is 2.18. The molecule has 27 heavy (non-hydrogen) atoms. The summed E-state index contributed by atoms with van der Waals surface area (Å²) in [7, 11) is 5.03. The predicted octanol–water partition coefficient (Wildman–Crippen LogP) is 1.05. The standard InChI is InChI=1S/C15H29BN2O6S3/c1-4-22-15(21)24-10(2)23-13(19)7-18-14(20)12(16)9-27-26-8-11(17)5-6-25-3/h10-12H,4-9,16-17H2,1-3H3,(H,18,20)/t10?,11-,12+/m0/s1. The molecule has 0 aliphatic carbocycles. The van der Waals surface area contributed by atoms with Crippen LogP contribution in [0.2, 0.25) is 5.82 Å². The topological polar surface area (TPSA) is 117 Å². The monoisotopic (exact) mass is 440 g/mol. The zero-order valence-corrected chi connectivity index (χ0v) is 18.7. The van der Waals surface area contributed by atoms with Gasteiger partial charge in [0.05, 0.1) is 6.61 Å². The summed E-state index contributed by atoms with van der Waals surface area (Å²) >= 11 is 1.78. The molecule has 3 N–H and O–H groups in total. The van der Waals surface area contributed by atoms with Crippen LogP contribution in [-0.4, -0.2) is 74.9 Å². The van der Waals surface area contributed by atoms with Gasteiger partial charge in [-0.1, -0.05) is 21.6 Å². The molecular formula is C15H29BN2O6S3. The molecule has 1 amide bonds. The molecule has 0 spiro atoms. The molecule has 0 rings (SSSR count). The minimum Gasteiger partial charge on any atom is -0.435 e. The molecule has 1 unspecified atom stereocenters. The molecule has 0 radical (unpaired) electrons. The van der Waals surface area contributed by atoms with E-state index in [-0.39, 0.29) is 30.9 Å². The van der Waals surface area contributed by atoms with Crippen molar-refractivity contribution in [1.29, 1.82) is 0 Å². The average molecular weight is 440 g/mol. The summed E-state index contributed by atoms with van der Waals surface area (Å²) < 4.78 is 14.1. The van der Waals surface area contributed by atoms with Gasteiger partial charge in [-0.2, -0.15) is 11.8 Å². The summed E-state index contributed by atoms with van der Waals surface area (Å²) in [6.45, 7) is 2.88. The Balaban J connectivity index is 3.89. The lowest BCUT2D eigenvalue weighted by Gasteiger charge is -2.15. The van der Waals surface area contributed by atoms with Crippen LogP contribution in [-0.2, 0) is 23.8 Å². The van der Waals surface area contributed by atoms with Gasteiger partial charge in [0.25, 0.3) is 0 Å². The molecule has 0 aromatic carbocycles. The van der Waals surface area contributed by atoms with Crippen molar-refractivity contribution >= 4 is 59.2 Å². The van der Waals surface area contributed by atoms with Crippen molar-refractivity contribution in [2.24, 2.45) is 5.73 Å². The zero-order valence-electron chi connectivity index (χ0n) is 16.2. The highest BCUT2D eigenvalue weighted by molar-refractivity contribution is 8.76. The highest BCUT2D eigenvalue weighted by atomic mass is 33.1. The van der Waals surface area contributed by atoms with Crippen LogP contribution in [0.15, 0.2) is 0 Å². The summed E-state index contributed by atoms with van der Waals surface area (Å²) in [6.07, 6.45) is 1.02. The molecule has 0 saturated carbocycles. The van der Waals surface area contributed by atoms with Gasteiger partial charge in [-0.15, -0.1) is 0 Å². The number of hydrogen-bond acceptors (Lipinski definition) is 10.